The topological polar surface area (TPSA) is 56.8 Å². The summed E-state index contributed by atoms with van der Waals surface area (Å²) in [6, 6.07) is 4.60. The molecule has 25 heavy (non-hydrogen) atoms. The summed E-state index contributed by atoms with van der Waals surface area (Å²) in [5.74, 6) is -0.183. The Hall–Kier alpha value is -1.66. The van der Waals surface area contributed by atoms with Gasteiger partial charge < -0.3 is 19.5 Å². The van der Waals surface area contributed by atoms with Gasteiger partial charge in [0.15, 0.2) is 17.3 Å². The molecule has 146 valence electrons. The Kier molecular flexibility index (Phi) is 19.1. The van der Waals surface area contributed by atoms with E-state index in [1.54, 1.807) is 19.2 Å². The molecule has 0 aliphatic carbocycles. The maximum absolute atomic E-state index is 13.4. The molecule has 0 aliphatic heterocycles. The van der Waals surface area contributed by atoms with E-state index in [0.717, 1.165) is 5.69 Å². The molecule has 0 radical (unpaired) electrons. The Morgan fingerprint density at radius 3 is 2.28 bits per heavy atom. The highest BCUT2D eigenvalue weighted by molar-refractivity contribution is 5.76. The minimum Gasteiger partial charge on any atom is -0.488 e. The monoisotopic (exact) mass is 359 g/mol. The molecule has 0 amide bonds. The second-order valence-electron chi connectivity index (χ2n) is 4.46. The van der Waals surface area contributed by atoms with Crippen molar-refractivity contribution in [2.24, 2.45) is 0 Å². The third kappa shape index (κ3) is 14.4. The number of hydrogen-bond donors (Lipinski definition) is 1. The van der Waals surface area contributed by atoms with Crippen molar-refractivity contribution in [2.75, 3.05) is 45.4 Å². The number of ketones is 1. The van der Waals surface area contributed by atoms with E-state index in [-0.39, 0.29) is 24.7 Å². The number of anilines is 1. The second-order valence-corrected chi connectivity index (χ2v) is 4.46. The quantitative estimate of drug-likeness (QED) is 0.597. The van der Waals surface area contributed by atoms with Crippen LogP contribution < -0.4 is 10.1 Å². The number of carbonyl (C=O) groups is 1. The average Bonchev–Trinajstić information content (AvgIpc) is 2.64. The molecular formula is C19H34FNO4. The minimum absolute atomic E-state index is 0.00939. The first-order valence-corrected chi connectivity index (χ1v) is 8.88. The zero-order valence-corrected chi connectivity index (χ0v) is 16.5. The van der Waals surface area contributed by atoms with E-state index < -0.39 is 5.82 Å². The number of halogens is 1. The highest BCUT2D eigenvalue weighted by Gasteiger charge is 2.04. The smallest absolute Gasteiger partial charge is 0.165 e. The molecule has 1 aromatic rings. The van der Waals surface area contributed by atoms with Crippen LogP contribution in [0.2, 0.25) is 0 Å². The Balaban J connectivity index is 0. The van der Waals surface area contributed by atoms with Crippen molar-refractivity contribution in [3.8, 4) is 5.75 Å². The fraction of sp³-hybridized carbons (Fsp3) is 0.632. The van der Waals surface area contributed by atoms with E-state index in [1.165, 1.54) is 13.0 Å². The van der Waals surface area contributed by atoms with Gasteiger partial charge in [-0.15, -0.1) is 0 Å². The molecule has 0 bridgehead atoms. The summed E-state index contributed by atoms with van der Waals surface area (Å²) in [5.41, 5.74) is 0.787. The summed E-state index contributed by atoms with van der Waals surface area (Å²) in [4.78, 5) is 10.6. The van der Waals surface area contributed by atoms with Gasteiger partial charge in [0, 0.05) is 32.0 Å². The maximum atomic E-state index is 13.4. The first kappa shape index (κ1) is 25.6. The van der Waals surface area contributed by atoms with E-state index in [9.17, 15) is 9.18 Å². The summed E-state index contributed by atoms with van der Waals surface area (Å²) in [6.07, 6.45) is 0.705. The average molecular weight is 359 g/mol. The molecule has 1 aromatic carbocycles. The van der Waals surface area contributed by atoms with Crippen LogP contribution in [0.4, 0.5) is 10.1 Å². The number of carbonyl (C=O) groups excluding carboxylic acids is 1. The summed E-state index contributed by atoms with van der Waals surface area (Å²) >= 11 is 0. The van der Waals surface area contributed by atoms with Gasteiger partial charge >= 0.3 is 0 Å². The number of ether oxygens (including phenoxy) is 3. The standard InChI is InChI=1S/C15H22FNO4.2C2H6/c1-12(18)11-20-7-3-6-19-8-9-21-15-10-13(17-2)4-5-14(15)16;2*1-2/h4-5,10,17H,3,6-9,11H2,1-2H3;2*1-2H3. The number of hydrogen-bond acceptors (Lipinski definition) is 5. The highest BCUT2D eigenvalue weighted by Crippen LogP contribution is 2.21. The summed E-state index contributed by atoms with van der Waals surface area (Å²) in [5, 5.41) is 2.92. The van der Waals surface area contributed by atoms with E-state index in [4.69, 9.17) is 14.2 Å². The molecular weight excluding hydrogens is 325 g/mol. The number of benzene rings is 1. The van der Waals surface area contributed by atoms with Gasteiger partial charge in [-0.25, -0.2) is 4.39 Å². The SMILES string of the molecule is CC.CC.CNc1ccc(F)c(OCCOCCCOCC(C)=O)c1. The summed E-state index contributed by atoms with van der Waals surface area (Å²) < 4.78 is 29.2. The molecule has 0 unspecified atom stereocenters. The molecule has 0 atom stereocenters. The van der Waals surface area contributed by atoms with Crippen molar-refractivity contribution in [3.05, 3.63) is 24.0 Å². The van der Waals surface area contributed by atoms with Crippen molar-refractivity contribution in [3.63, 3.8) is 0 Å². The number of nitrogens with one attached hydrogen (secondary N) is 1. The molecule has 1 N–H and O–H groups in total. The van der Waals surface area contributed by atoms with Crippen LogP contribution in [-0.2, 0) is 14.3 Å². The first-order valence-electron chi connectivity index (χ1n) is 8.88. The van der Waals surface area contributed by atoms with Crippen LogP contribution in [0.15, 0.2) is 18.2 Å². The minimum atomic E-state index is -0.397. The Morgan fingerprint density at radius 1 is 1.04 bits per heavy atom. The van der Waals surface area contributed by atoms with E-state index in [1.807, 2.05) is 27.7 Å². The molecule has 0 heterocycles. The van der Waals surface area contributed by atoms with E-state index >= 15 is 0 Å². The second kappa shape index (κ2) is 18.7. The Labute approximate surface area is 151 Å². The molecule has 0 aromatic heterocycles. The van der Waals surface area contributed by atoms with Crippen molar-refractivity contribution in [1.82, 2.24) is 0 Å². The van der Waals surface area contributed by atoms with Gasteiger partial charge in [0.25, 0.3) is 0 Å². The molecule has 1 rings (SSSR count). The normalized spacial score (nSPS) is 9.24. The third-order valence-electron chi connectivity index (χ3n) is 2.59. The predicted octanol–water partition coefficient (Wildman–Crippen LogP) is 4.31. The predicted molar refractivity (Wildman–Crippen MR) is 101 cm³/mol. The molecule has 0 saturated carbocycles. The lowest BCUT2D eigenvalue weighted by molar-refractivity contribution is -0.121. The Morgan fingerprint density at radius 2 is 1.68 bits per heavy atom. The van der Waals surface area contributed by atoms with Gasteiger partial charge in [0.05, 0.1) is 6.61 Å². The van der Waals surface area contributed by atoms with Gasteiger partial charge in [-0.2, -0.15) is 0 Å². The summed E-state index contributed by atoms with van der Waals surface area (Å²) in [6.45, 7) is 11.3. The van der Waals surface area contributed by atoms with Gasteiger partial charge in [-0.1, -0.05) is 27.7 Å². The van der Waals surface area contributed by atoms with Crippen LogP contribution in [0, 0.1) is 5.82 Å². The van der Waals surface area contributed by atoms with Gasteiger partial charge in [0.1, 0.15) is 13.2 Å². The fourth-order valence-electron chi connectivity index (χ4n) is 1.56. The van der Waals surface area contributed by atoms with Crippen molar-refractivity contribution in [1.29, 1.82) is 0 Å². The van der Waals surface area contributed by atoms with Crippen LogP contribution >= 0.6 is 0 Å². The van der Waals surface area contributed by atoms with Crippen molar-refractivity contribution in [2.45, 2.75) is 41.0 Å². The molecule has 6 heteroatoms. The largest absolute Gasteiger partial charge is 0.488 e. The fourth-order valence-corrected chi connectivity index (χ4v) is 1.56. The first-order chi connectivity index (χ1) is 12.1. The van der Waals surface area contributed by atoms with Crippen LogP contribution in [-0.4, -0.2) is 45.9 Å². The maximum Gasteiger partial charge on any atom is 0.165 e. The van der Waals surface area contributed by atoms with Crippen molar-refractivity contribution >= 4 is 11.5 Å². The molecule has 0 spiro atoms. The van der Waals surface area contributed by atoms with E-state index in [2.05, 4.69) is 5.32 Å². The highest BCUT2D eigenvalue weighted by atomic mass is 19.1. The molecule has 0 fully saturated rings. The van der Waals surface area contributed by atoms with Crippen molar-refractivity contribution < 1.29 is 23.4 Å². The van der Waals surface area contributed by atoms with Gasteiger partial charge in [-0.05, 0) is 25.5 Å². The lowest BCUT2D eigenvalue weighted by Crippen LogP contribution is -2.11. The van der Waals surface area contributed by atoms with Gasteiger partial charge in [-0.3, -0.25) is 4.79 Å². The molecule has 5 nitrogen and oxygen atoms in total. The number of rotatable bonds is 11. The Bertz CT molecular complexity index is 441. The van der Waals surface area contributed by atoms with Crippen LogP contribution in [0.25, 0.3) is 0 Å². The molecule has 0 aliphatic rings. The third-order valence-corrected chi connectivity index (χ3v) is 2.59. The van der Waals surface area contributed by atoms with Crippen LogP contribution in [0.3, 0.4) is 0 Å². The zero-order valence-electron chi connectivity index (χ0n) is 16.5. The lowest BCUT2D eigenvalue weighted by Gasteiger charge is -2.09. The summed E-state index contributed by atoms with van der Waals surface area (Å²) in [7, 11) is 1.76. The molecule has 0 saturated heterocycles. The number of Topliss-reactive ketones (excluding diaryl/α,β-unsaturated/α-hetero) is 1. The lowest BCUT2D eigenvalue weighted by atomic mass is 10.3. The zero-order chi connectivity index (χ0) is 19.5. The van der Waals surface area contributed by atoms with Crippen LogP contribution in [0.5, 0.6) is 5.75 Å². The van der Waals surface area contributed by atoms with Crippen LogP contribution in [0.1, 0.15) is 41.0 Å². The van der Waals surface area contributed by atoms with Gasteiger partial charge in [0.2, 0.25) is 0 Å². The van der Waals surface area contributed by atoms with E-state index in [0.29, 0.717) is 26.2 Å².